The van der Waals surface area contributed by atoms with Crippen LogP contribution in [0.2, 0.25) is 0 Å². The smallest absolute Gasteiger partial charge is 0.222 e. The number of hydrogen-bond acceptors (Lipinski definition) is 2. The lowest BCUT2D eigenvalue weighted by molar-refractivity contribution is -0.123. The maximum Gasteiger partial charge on any atom is 0.222 e. The molecule has 0 unspecified atom stereocenters. The zero-order valence-electron chi connectivity index (χ0n) is 14.5. The molecular weight excluding hydrogens is 312 g/mol. The van der Waals surface area contributed by atoms with Crippen molar-refractivity contribution in [3.63, 3.8) is 0 Å². The predicted molar refractivity (Wildman–Crippen MR) is 97.9 cm³/mol. The topological polar surface area (TPSA) is 58.2 Å². The van der Waals surface area contributed by atoms with Gasteiger partial charge in [0.2, 0.25) is 11.8 Å². The second kappa shape index (κ2) is 7.97. The van der Waals surface area contributed by atoms with Gasteiger partial charge in [-0.15, -0.1) is 0 Å². The van der Waals surface area contributed by atoms with E-state index in [2.05, 4.69) is 22.8 Å². The maximum atomic E-state index is 12.6. The minimum atomic E-state index is -0.308. The van der Waals surface area contributed by atoms with Crippen LogP contribution in [0.3, 0.4) is 0 Å². The lowest BCUT2D eigenvalue weighted by Gasteiger charge is -2.27. The average molecular weight is 336 g/mol. The number of carbonyl (C=O) groups is 2. The Hall–Kier alpha value is -2.62. The van der Waals surface area contributed by atoms with Gasteiger partial charge >= 0.3 is 0 Å². The Labute approximate surface area is 148 Å². The third kappa shape index (κ3) is 4.47. The van der Waals surface area contributed by atoms with Crippen LogP contribution in [0.25, 0.3) is 0 Å². The molecule has 0 spiro atoms. The van der Waals surface area contributed by atoms with E-state index in [4.69, 9.17) is 0 Å². The number of rotatable bonds is 5. The Morgan fingerprint density at radius 2 is 1.80 bits per heavy atom. The van der Waals surface area contributed by atoms with E-state index in [1.807, 2.05) is 42.5 Å². The van der Waals surface area contributed by atoms with Crippen molar-refractivity contribution in [3.8, 4) is 0 Å². The van der Waals surface area contributed by atoms with E-state index in [0.717, 1.165) is 24.8 Å². The van der Waals surface area contributed by atoms with Crippen molar-refractivity contribution >= 4 is 11.8 Å². The lowest BCUT2D eigenvalue weighted by atomic mass is 9.87. The van der Waals surface area contributed by atoms with E-state index in [1.165, 1.54) is 18.1 Å². The fraction of sp³-hybridized carbons (Fsp3) is 0.333. The van der Waals surface area contributed by atoms with Crippen LogP contribution in [0.5, 0.6) is 0 Å². The first kappa shape index (κ1) is 17.2. The van der Waals surface area contributed by atoms with Crippen molar-refractivity contribution in [2.45, 2.75) is 44.7 Å². The van der Waals surface area contributed by atoms with Gasteiger partial charge in [0.15, 0.2) is 0 Å². The Kier molecular flexibility index (Phi) is 5.49. The molecule has 0 bridgehead atoms. The summed E-state index contributed by atoms with van der Waals surface area (Å²) in [6.45, 7) is 1.48. The summed E-state index contributed by atoms with van der Waals surface area (Å²) in [5.74, 6) is -0.172. The summed E-state index contributed by atoms with van der Waals surface area (Å²) in [5.41, 5.74) is 3.48. The fourth-order valence-electron chi connectivity index (χ4n) is 3.53. The molecule has 0 aliphatic heterocycles. The highest BCUT2D eigenvalue weighted by molar-refractivity contribution is 5.79. The van der Waals surface area contributed by atoms with E-state index in [-0.39, 0.29) is 30.3 Å². The summed E-state index contributed by atoms with van der Waals surface area (Å²) < 4.78 is 0. The van der Waals surface area contributed by atoms with E-state index >= 15 is 0 Å². The second-order valence-corrected chi connectivity index (χ2v) is 6.58. The van der Waals surface area contributed by atoms with Gasteiger partial charge in [0.1, 0.15) is 0 Å². The van der Waals surface area contributed by atoms with E-state index < -0.39 is 0 Å². The molecule has 2 amide bonds. The molecule has 4 nitrogen and oxygen atoms in total. The quantitative estimate of drug-likeness (QED) is 0.878. The van der Waals surface area contributed by atoms with Crippen LogP contribution < -0.4 is 10.6 Å². The zero-order chi connectivity index (χ0) is 17.6. The highest BCUT2D eigenvalue weighted by Crippen LogP contribution is 2.29. The number of fused-ring (bicyclic) bond motifs is 1. The molecule has 2 N–H and O–H groups in total. The van der Waals surface area contributed by atoms with Crippen LogP contribution in [0.1, 0.15) is 55.0 Å². The monoisotopic (exact) mass is 336 g/mol. The molecule has 0 saturated carbocycles. The summed E-state index contributed by atoms with van der Waals surface area (Å²) in [6, 6.07) is 17.7. The zero-order valence-corrected chi connectivity index (χ0v) is 14.5. The molecule has 1 aliphatic rings. The van der Waals surface area contributed by atoms with E-state index in [1.54, 1.807) is 0 Å². The molecule has 25 heavy (non-hydrogen) atoms. The van der Waals surface area contributed by atoms with Crippen LogP contribution >= 0.6 is 0 Å². The number of hydrogen-bond donors (Lipinski definition) is 2. The minimum Gasteiger partial charge on any atom is -0.349 e. The van der Waals surface area contributed by atoms with Crippen LogP contribution in [0, 0.1) is 0 Å². The molecule has 0 saturated heterocycles. The molecule has 2 atom stereocenters. The predicted octanol–water partition coefficient (Wildman–Crippen LogP) is 3.45. The van der Waals surface area contributed by atoms with Gasteiger partial charge in [-0.05, 0) is 36.0 Å². The highest BCUT2D eigenvalue weighted by Gasteiger charge is 2.23. The SMILES string of the molecule is CC(=O)N[C@H](CC(=O)N[C@H]1CCCc2ccccc21)c1ccccc1. The first-order valence-electron chi connectivity index (χ1n) is 8.82. The van der Waals surface area contributed by atoms with Gasteiger partial charge in [0.05, 0.1) is 18.5 Å². The standard InChI is InChI=1S/C21H24N2O2/c1-15(24)22-20(17-9-3-2-4-10-17)14-21(25)23-19-13-7-11-16-8-5-6-12-18(16)19/h2-6,8-10,12,19-20H,7,11,13-14H2,1H3,(H,22,24)(H,23,25)/t19-,20+/m0/s1. The maximum absolute atomic E-state index is 12.6. The molecule has 3 rings (SSSR count). The lowest BCUT2D eigenvalue weighted by Crippen LogP contribution is -2.35. The van der Waals surface area contributed by atoms with Gasteiger partial charge in [-0.25, -0.2) is 0 Å². The number of aryl methyl sites for hydroxylation is 1. The molecule has 130 valence electrons. The first-order chi connectivity index (χ1) is 12.1. The van der Waals surface area contributed by atoms with Gasteiger partial charge in [-0.3, -0.25) is 9.59 Å². The van der Waals surface area contributed by atoms with E-state index in [0.29, 0.717) is 0 Å². The molecule has 2 aromatic rings. The van der Waals surface area contributed by atoms with Crippen molar-refractivity contribution in [1.29, 1.82) is 0 Å². The summed E-state index contributed by atoms with van der Waals surface area (Å²) >= 11 is 0. The molecular formula is C21H24N2O2. The minimum absolute atomic E-state index is 0.0377. The summed E-state index contributed by atoms with van der Waals surface area (Å²) in [5, 5.41) is 6.04. The summed E-state index contributed by atoms with van der Waals surface area (Å²) in [6.07, 6.45) is 3.35. The van der Waals surface area contributed by atoms with Gasteiger partial charge in [-0.2, -0.15) is 0 Å². The third-order valence-electron chi connectivity index (χ3n) is 4.67. The number of nitrogens with one attached hydrogen (secondary N) is 2. The van der Waals surface area contributed by atoms with Crippen molar-refractivity contribution in [3.05, 3.63) is 71.3 Å². The molecule has 0 fully saturated rings. The first-order valence-corrected chi connectivity index (χ1v) is 8.82. The normalized spacial score (nSPS) is 17.2. The van der Waals surface area contributed by atoms with Crippen molar-refractivity contribution < 1.29 is 9.59 Å². The average Bonchev–Trinajstić information content (AvgIpc) is 2.62. The highest BCUT2D eigenvalue weighted by atomic mass is 16.2. The molecule has 0 heterocycles. The van der Waals surface area contributed by atoms with Crippen LogP contribution in [0.4, 0.5) is 0 Å². The van der Waals surface area contributed by atoms with Gasteiger partial charge in [0, 0.05) is 6.92 Å². The second-order valence-electron chi connectivity index (χ2n) is 6.58. The van der Waals surface area contributed by atoms with Crippen molar-refractivity contribution in [2.24, 2.45) is 0 Å². The van der Waals surface area contributed by atoms with Crippen molar-refractivity contribution in [2.75, 3.05) is 0 Å². The molecule has 2 aromatic carbocycles. The summed E-state index contributed by atoms with van der Waals surface area (Å²) in [4.78, 5) is 24.1. The number of carbonyl (C=O) groups excluding carboxylic acids is 2. The van der Waals surface area contributed by atoms with Crippen LogP contribution in [0.15, 0.2) is 54.6 Å². The molecule has 1 aliphatic carbocycles. The number of amides is 2. The van der Waals surface area contributed by atoms with E-state index in [9.17, 15) is 9.59 Å². The fourth-order valence-corrected chi connectivity index (χ4v) is 3.53. The van der Waals surface area contributed by atoms with Crippen molar-refractivity contribution in [1.82, 2.24) is 10.6 Å². The largest absolute Gasteiger partial charge is 0.349 e. The Bertz CT molecular complexity index is 743. The van der Waals surface area contributed by atoms with Crippen LogP contribution in [-0.4, -0.2) is 11.8 Å². The molecule has 0 aromatic heterocycles. The Balaban J connectivity index is 1.69. The number of benzene rings is 2. The Morgan fingerprint density at radius 3 is 2.56 bits per heavy atom. The van der Waals surface area contributed by atoms with Gasteiger partial charge in [-0.1, -0.05) is 54.6 Å². The Morgan fingerprint density at radius 1 is 1.08 bits per heavy atom. The van der Waals surface area contributed by atoms with Gasteiger partial charge in [0.25, 0.3) is 0 Å². The summed E-state index contributed by atoms with van der Waals surface area (Å²) in [7, 11) is 0. The third-order valence-corrected chi connectivity index (χ3v) is 4.67. The van der Waals surface area contributed by atoms with Gasteiger partial charge < -0.3 is 10.6 Å². The van der Waals surface area contributed by atoms with Crippen LogP contribution in [-0.2, 0) is 16.0 Å². The molecule has 4 heteroatoms. The molecule has 0 radical (unpaired) electrons.